The molecule has 1 aliphatic heterocycles. The first kappa shape index (κ1) is 14.0. The van der Waals surface area contributed by atoms with Crippen molar-refractivity contribution in [1.29, 1.82) is 0 Å². The Labute approximate surface area is 102 Å². The summed E-state index contributed by atoms with van der Waals surface area (Å²) in [6, 6.07) is 0.0150. The van der Waals surface area contributed by atoms with Crippen LogP contribution in [0.4, 0.5) is 17.6 Å². The fourth-order valence-electron chi connectivity index (χ4n) is 2.15. The molecule has 2 fully saturated rings. The van der Waals surface area contributed by atoms with E-state index in [0.29, 0.717) is 13.1 Å². The van der Waals surface area contributed by atoms with Crippen LogP contribution in [0.5, 0.6) is 0 Å². The van der Waals surface area contributed by atoms with Gasteiger partial charge in [-0.05, 0) is 12.8 Å². The number of nitrogens with zero attached hydrogens (tertiary/aromatic N) is 1. The predicted molar refractivity (Wildman–Crippen MR) is 53.9 cm³/mol. The summed E-state index contributed by atoms with van der Waals surface area (Å²) in [5.41, 5.74) is -5.37. The Hall–Kier alpha value is -0.410. The first-order valence-corrected chi connectivity index (χ1v) is 6.93. The molecule has 0 spiro atoms. The molecule has 1 saturated heterocycles. The minimum absolute atomic E-state index is 0.00359. The molecule has 106 valence electrons. The summed E-state index contributed by atoms with van der Waals surface area (Å²) >= 11 is 0. The highest BCUT2D eigenvalue weighted by molar-refractivity contribution is 7.87. The zero-order valence-electron chi connectivity index (χ0n) is 9.36. The zero-order valence-corrected chi connectivity index (χ0v) is 10.2. The van der Waals surface area contributed by atoms with Gasteiger partial charge >= 0.3 is 15.6 Å². The van der Waals surface area contributed by atoms with Crippen molar-refractivity contribution in [3.63, 3.8) is 0 Å². The van der Waals surface area contributed by atoms with Gasteiger partial charge in [-0.2, -0.15) is 21.6 Å². The fourth-order valence-corrected chi connectivity index (χ4v) is 2.78. The summed E-state index contributed by atoms with van der Waals surface area (Å²) in [4.78, 5) is 1.93. The molecular formula is C9H13F4NO3S. The molecule has 1 heterocycles. The maximum atomic E-state index is 12.2. The third kappa shape index (κ3) is 2.62. The van der Waals surface area contributed by atoms with Crippen molar-refractivity contribution in [3.8, 4) is 0 Å². The number of hydrogen-bond acceptors (Lipinski definition) is 4. The Balaban J connectivity index is 1.74. The van der Waals surface area contributed by atoms with Crippen molar-refractivity contribution in [2.45, 2.75) is 30.5 Å². The van der Waals surface area contributed by atoms with E-state index in [4.69, 9.17) is 0 Å². The first-order valence-electron chi connectivity index (χ1n) is 5.52. The number of alkyl halides is 4. The minimum atomic E-state index is -5.49. The van der Waals surface area contributed by atoms with Crippen LogP contribution in [0.2, 0.25) is 0 Å². The molecule has 0 N–H and O–H groups in total. The van der Waals surface area contributed by atoms with Crippen molar-refractivity contribution >= 4 is 10.1 Å². The summed E-state index contributed by atoms with van der Waals surface area (Å²) < 4.78 is 73.7. The lowest BCUT2D eigenvalue weighted by atomic mass is 9.84. The molecule has 4 nitrogen and oxygen atoms in total. The lowest BCUT2D eigenvalue weighted by molar-refractivity contribution is -0.0745. The Morgan fingerprint density at radius 2 is 1.78 bits per heavy atom. The average Bonchev–Trinajstić information content (AvgIpc) is 2.09. The zero-order chi connectivity index (χ0) is 13.6. The number of rotatable bonds is 4. The van der Waals surface area contributed by atoms with Crippen LogP contribution in [-0.4, -0.2) is 50.7 Å². The van der Waals surface area contributed by atoms with E-state index >= 15 is 0 Å². The fraction of sp³-hybridized carbons (Fsp3) is 1.00. The van der Waals surface area contributed by atoms with Crippen LogP contribution >= 0.6 is 0 Å². The topological polar surface area (TPSA) is 46.6 Å². The molecule has 9 heteroatoms. The van der Waals surface area contributed by atoms with Gasteiger partial charge in [-0.1, -0.05) is 0 Å². The number of hydrogen-bond donors (Lipinski definition) is 0. The normalized spacial score (nSPS) is 30.9. The van der Waals surface area contributed by atoms with E-state index in [-0.39, 0.29) is 24.8 Å². The average molecular weight is 291 g/mol. The van der Waals surface area contributed by atoms with Gasteiger partial charge in [0.05, 0.1) is 12.8 Å². The lowest BCUT2D eigenvalue weighted by Crippen LogP contribution is -2.58. The molecule has 0 atom stereocenters. The van der Waals surface area contributed by atoms with E-state index in [1.807, 2.05) is 4.90 Å². The van der Waals surface area contributed by atoms with Gasteiger partial charge in [0.15, 0.2) is 0 Å². The Morgan fingerprint density at radius 3 is 2.22 bits per heavy atom. The molecule has 1 saturated carbocycles. The maximum absolute atomic E-state index is 12.2. The summed E-state index contributed by atoms with van der Waals surface area (Å²) in [6.45, 7) is 0.769. The molecule has 18 heavy (non-hydrogen) atoms. The Kier molecular flexibility index (Phi) is 3.58. The largest absolute Gasteiger partial charge is 0.523 e. The number of likely N-dealkylation sites (tertiary alicyclic amines) is 1. The molecule has 0 aromatic heterocycles. The molecule has 0 aromatic rings. The van der Waals surface area contributed by atoms with Crippen molar-refractivity contribution in [2.75, 3.05) is 19.8 Å². The highest BCUT2D eigenvalue weighted by Crippen LogP contribution is 2.36. The summed E-state index contributed by atoms with van der Waals surface area (Å²) in [7, 11) is -5.49. The van der Waals surface area contributed by atoms with Crippen LogP contribution in [0.25, 0.3) is 0 Å². The van der Waals surface area contributed by atoms with E-state index < -0.39 is 28.4 Å². The van der Waals surface area contributed by atoms with Crippen LogP contribution in [0.3, 0.4) is 0 Å². The third-order valence-electron chi connectivity index (χ3n) is 3.34. The molecule has 0 bridgehead atoms. The second-order valence-electron chi connectivity index (χ2n) is 4.72. The SMILES string of the molecule is O=S(=O)(OC1CC(N2CC(CF)C2)C1)C(F)(F)F. The van der Waals surface area contributed by atoms with E-state index in [2.05, 4.69) is 4.18 Å². The summed E-state index contributed by atoms with van der Waals surface area (Å²) in [5, 5.41) is 0. The molecule has 0 aromatic carbocycles. The van der Waals surface area contributed by atoms with Gasteiger partial charge in [-0.25, -0.2) is 0 Å². The van der Waals surface area contributed by atoms with Crippen LogP contribution in [0, 0.1) is 5.92 Å². The van der Waals surface area contributed by atoms with Gasteiger partial charge in [0, 0.05) is 25.0 Å². The van der Waals surface area contributed by atoms with E-state index in [1.54, 1.807) is 0 Å². The van der Waals surface area contributed by atoms with E-state index in [0.717, 1.165) is 0 Å². The van der Waals surface area contributed by atoms with Crippen molar-refractivity contribution < 1.29 is 30.2 Å². The molecular weight excluding hydrogens is 278 g/mol. The van der Waals surface area contributed by atoms with E-state index in [9.17, 15) is 26.0 Å². The van der Waals surface area contributed by atoms with E-state index in [1.165, 1.54) is 0 Å². The molecule has 2 aliphatic rings. The molecule has 0 unspecified atom stereocenters. The second kappa shape index (κ2) is 4.61. The van der Waals surface area contributed by atoms with Gasteiger partial charge in [0.1, 0.15) is 0 Å². The van der Waals surface area contributed by atoms with Gasteiger partial charge < -0.3 is 0 Å². The lowest BCUT2D eigenvalue weighted by Gasteiger charge is -2.49. The van der Waals surface area contributed by atoms with Gasteiger partial charge in [0.25, 0.3) is 0 Å². The molecule has 2 rings (SSSR count). The predicted octanol–water partition coefficient (Wildman–Crippen LogP) is 1.28. The van der Waals surface area contributed by atoms with Crippen LogP contribution in [0.1, 0.15) is 12.8 Å². The van der Waals surface area contributed by atoms with Gasteiger partial charge in [-0.15, -0.1) is 0 Å². The molecule has 0 amide bonds. The van der Waals surface area contributed by atoms with Crippen LogP contribution in [0.15, 0.2) is 0 Å². The highest BCUT2D eigenvalue weighted by Gasteiger charge is 2.51. The number of halogens is 4. The van der Waals surface area contributed by atoms with Crippen LogP contribution in [-0.2, 0) is 14.3 Å². The van der Waals surface area contributed by atoms with Crippen LogP contribution < -0.4 is 0 Å². The maximum Gasteiger partial charge on any atom is 0.523 e. The minimum Gasteiger partial charge on any atom is -0.299 e. The first-order chi connectivity index (χ1) is 8.23. The quantitative estimate of drug-likeness (QED) is 0.445. The standard InChI is InChI=1S/C9H13F4NO3S/c10-3-6-4-14(5-6)7-1-8(2-7)17-18(15,16)9(11,12)13/h6-8H,1-5H2. The summed E-state index contributed by atoms with van der Waals surface area (Å²) in [6.07, 6.45) is -0.422. The smallest absolute Gasteiger partial charge is 0.299 e. The molecule has 0 radical (unpaired) electrons. The van der Waals surface area contributed by atoms with Gasteiger partial charge in [-0.3, -0.25) is 13.5 Å². The van der Waals surface area contributed by atoms with Crippen molar-refractivity contribution in [3.05, 3.63) is 0 Å². The summed E-state index contributed by atoms with van der Waals surface area (Å²) in [5.74, 6) is 0.00359. The Bertz CT molecular complexity index is 399. The third-order valence-corrected chi connectivity index (χ3v) is 4.43. The monoisotopic (exact) mass is 291 g/mol. The van der Waals surface area contributed by atoms with Crippen molar-refractivity contribution in [1.82, 2.24) is 4.90 Å². The molecule has 1 aliphatic carbocycles. The Morgan fingerprint density at radius 1 is 1.22 bits per heavy atom. The second-order valence-corrected chi connectivity index (χ2v) is 6.28. The van der Waals surface area contributed by atoms with Gasteiger partial charge in [0.2, 0.25) is 0 Å². The van der Waals surface area contributed by atoms with Crippen molar-refractivity contribution in [2.24, 2.45) is 5.92 Å². The highest BCUT2D eigenvalue weighted by atomic mass is 32.2.